The second kappa shape index (κ2) is 28.3. The first-order valence-corrected chi connectivity index (χ1v) is 13.9. The van der Waals surface area contributed by atoms with E-state index in [9.17, 15) is 14.7 Å². The van der Waals surface area contributed by atoms with E-state index < -0.39 is 17.6 Å². The molecule has 1 fully saturated rings. The lowest BCUT2D eigenvalue weighted by atomic mass is 9.91. The fourth-order valence-corrected chi connectivity index (χ4v) is 3.36. The molecule has 2 rings (SSSR count). The topological polar surface area (TPSA) is 199 Å². The van der Waals surface area contributed by atoms with Crippen molar-refractivity contribution in [1.29, 1.82) is 0 Å². The molecule has 0 aliphatic carbocycles. The van der Waals surface area contributed by atoms with Crippen molar-refractivity contribution in [2.75, 3.05) is 26.3 Å². The highest BCUT2D eigenvalue weighted by molar-refractivity contribution is 5.83. The number of carbonyl (C=O) groups excluding carboxylic acids is 4. The van der Waals surface area contributed by atoms with Crippen molar-refractivity contribution in [1.82, 2.24) is 4.90 Å². The van der Waals surface area contributed by atoms with Gasteiger partial charge in [0.15, 0.2) is 5.60 Å². The van der Waals surface area contributed by atoms with Crippen LogP contribution in [0.4, 0.5) is 0 Å². The molecule has 1 aliphatic heterocycles. The maximum atomic E-state index is 12.3. The molecule has 1 atom stereocenters. The van der Waals surface area contributed by atoms with Gasteiger partial charge in [0.2, 0.25) is 5.91 Å². The van der Waals surface area contributed by atoms with Crippen LogP contribution in [0.25, 0.3) is 0 Å². The minimum atomic E-state index is -1.60. The highest BCUT2D eigenvalue weighted by Gasteiger charge is 2.42. The van der Waals surface area contributed by atoms with E-state index in [-0.39, 0.29) is 58.0 Å². The highest BCUT2D eigenvalue weighted by atomic mass is 16.5. The molecule has 11 nitrogen and oxygen atoms in total. The standard InChI is InChI=1S/C19H30N2O5.C7H9N.C4H11N.2CH2O.CH4/c1-3-7-15(4-2)14-26-18(24)19(25)9-11-21(12-10-19)17(23)16(20)8-5-6-13-22;8-6-7-4-2-1-3-5-7;1-4(2,3)5;2*1-2;/h3-4,7,16,22,25H,1-2,5-6,8-14,20H2;1-5H,6,8H2;5H2,1-3H3;2*1H2;1H4/b15-7+;;;;;. The number of aliphatic hydroxyl groups excluding tert-OH is 1. The molecular formula is C33H58N4O7. The summed E-state index contributed by atoms with van der Waals surface area (Å²) in [7, 11) is 0. The number of aliphatic hydroxyl groups is 2. The number of rotatable bonds is 11. The Labute approximate surface area is 264 Å². The van der Waals surface area contributed by atoms with Gasteiger partial charge in [0.05, 0.1) is 6.04 Å². The molecule has 1 aromatic rings. The molecule has 1 aromatic carbocycles. The molecule has 1 saturated heterocycles. The van der Waals surface area contributed by atoms with Crippen molar-refractivity contribution in [3.8, 4) is 0 Å². The molecule has 0 aromatic heterocycles. The van der Waals surface area contributed by atoms with Crippen molar-refractivity contribution in [3.05, 3.63) is 72.9 Å². The zero-order valence-corrected chi connectivity index (χ0v) is 26.2. The van der Waals surface area contributed by atoms with Crippen LogP contribution in [0.2, 0.25) is 0 Å². The number of esters is 1. The van der Waals surface area contributed by atoms with Gasteiger partial charge in [-0.2, -0.15) is 0 Å². The number of unbranched alkanes of at least 4 members (excludes halogenated alkanes) is 1. The lowest BCUT2D eigenvalue weighted by Gasteiger charge is -2.37. The number of amides is 1. The molecular weight excluding hydrogens is 564 g/mol. The lowest BCUT2D eigenvalue weighted by molar-refractivity contribution is -0.171. The molecule has 1 unspecified atom stereocenters. The second-order valence-electron chi connectivity index (χ2n) is 10.5. The van der Waals surface area contributed by atoms with Gasteiger partial charge in [0, 0.05) is 44.6 Å². The van der Waals surface area contributed by atoms with Crippen LogP contribution in [-0.2, 0) is 30.5 Å². The summed E-state index contributed by atoms with van der Waals surface area (Å²) in [5.74, 6) is -0.894. The van der Waals surface area contributed by atoms with Crippen molar-refractivity contribution in [2.24, 2.45) is 17.2 Å². The van der Waals surface area contributed by atoms with Gasteiger partial charge in [0.1, 0.15) is 20.2 Å². The van der Waals surface area contributed by atoms with E-state index in [1.165, 1.54) is 5.56 Å². The maximum Gasteiger partial charge on any atom is 0.338 e. The minimum Gasteiger partial charge on any atom is -0.459 e. The summed E-state index contributed by atoms with van der Waals surface area (Å²) in [6, 6.07) is 9.36. The first kappa shape index (κ1) is 47.5. The molecule has 1 amide bonds. The number of nitrogens with zero attached hydrogens (tertiary/aromatic N) is 1. The molecule has 252 valence electrons. The van der Waals surface area contributed by atoms with Crippen LogP contribution >= 0.6 is 0 Å². The Hall–Kier alpha value is -3.48. The second-order valence-corrected chi connectivity index (χ2v) is 10.5. The zero-order chi connectivity index (χ0) is 33.9. The molecule has 44 heavy (non-hydrogen) atoms. The smallest absolute Gasteiger partial charge is 0.338 e. The first-order valence-electron chi connectivity index (χ1n) is 13.9. The molecule has 1 aliphatic rings. The Bertz CT molecular complexity index is 918. The summed E-state index contributed by atoms with van der Waals surface area (Å²) in [5.41, 5.74) is 16.9. The molecule has 0 saturated carbocycles. The van der Waals surface area contributed by atoms with E-state index in [0.29, 0.717) is 31.4 Å². The fraction of sp³-hybridized carbons (Fsp3) is 0.515. The van der Waals surface area contributed by atoms with E-state index in [0.717, 1.165) is 0 Å². The third kappa shape index (κ3) is 24.0. The van der Waals surface area contributed by atoms with Crippen LogP contribution in [0.15, 0.2) is 67.3 Å². The van der Waals surface area contributed by atoms with Gasteiger partial charge in [-0.25, -0.2) is 4.79 Å². The number of hydrogen-bond donors (Lipinski definition) is 5. The van der Waals surface area contributed by atoms with Gasteiger partial charge in [-0.15, -0.1) is 0 Å². The van der Waals surface area contributed by atoms with Crippen molar-refractivity contribution in [3.63, 3.8) is 0 Å². The van der Waals surface area contributed by atoms with Gasteiger partial charge in [-0.05, 0) is 51.2 Å². The SMILES string of the molecule is C.C=C/C=C(\C=C)COC(=O)C1(O)CCN(C(=O)C(N)CCCCO)CC1.C=O.C=O.CC(C)(C)N.NCc1ccccc1. The van der Waals surface area contributed by atoms with Crippen LogP contribution in [0.5, 0.6) is 0 Å². The average molecular weight is 623 g/mol. The van der Waals surface area contributed by atoms with Gasteiger partial charge < -0.3 is 46.6 Å². The Morgan fingerprint density at radius 2 is 1.57 bits per heavy atom. The maximum absolute atomic E-state index is 12.3. The number of likely N-dealkylation sites (tertiary alicyclic amines) is 1. The van der Waals surface area contributed by atoms with Gasteiger partial charge in [-0.3, -0.25) is 4.79 Å². The number of carbonyl (C=O) groups is 4. The summed E-state index contributed by atoms with van der Waals surface area (Å²) in [4.78, 5) is 42.1. The third-order valence-electron chi connectivity index (χ3n) is 5.57. The Morgan fingerprint density at radius 1 is 1.07 bits per heavy atom. The number of benzene rings is 1. The first-order chi connectivity index (χ1) is 20.3. The Morgan fingerprint density at radius 3 is 1.95 bits per heavy atom. The van der Waals surface area contributed by atoms with Crippen LogP contribution in [0.1, 0.15) is 65.9 Å². The van der Waals surface area contributed by atoms with Gasteiger partial charge in [0.25, 0.3) is 0 Å². The monoisotopic (exact) mass is 622 g/mol. The van der Waals surface area contributed by atoms with Gasteiger partial charge in [-0.1, -0.05) is 69.1 Å². The largest absolute Gasteiger partial charge is 0.459 e. The molecule has 0 bridgehead atoms. The Kier molecular flexibility index (Phi) is 30.5. The minimum absolute atomic E-state index is 0. The molecule has 11 heteroatoms. The summed E-state index contributed by atoms with van der Waals surface area (Å²) >= 11 is 0. The summed E-state index contributed by atoms with van der Waals surface area (Å²) in [6.07, 6.45) is 6.79. The van der Waals surface area contributed by atoms with E-state index in [1.54, 1.807) is 23.1 Å². The van der Waals surface area contributed by atoms with E-state index in [4.69, 9.17) is 36.6 Å². The quantitative estimate of drug-likeness (QED) is 0.139. The number of ether oxygens (including phenoxy) is 1. The van der Waals surface area contributed by atoms with Crippen molar-refractivity contribution < 1.29 is 34.1 Å². The van der Waals surface area contributed by atoms with Crippen molar-refractivity contribution >= 4 is 25.5 Å². The summed E-state index contributed by atoms with van der Waals surface area (Å²) in [5, 5.41) is 19.3. The number of allylic oxidation sites excluding steroid dienone is 2. The number of nitrogens with two attached hydrogens (primary N) is 3. The normalized spacial score (nSPS) is 13.9. The third-order valence-corrected chi connectivity index (χ3v) is 5.57. The molecule has 8 N–H and O–H groups in total. The molecule has 0 spiro atoms. The fourth-order valence-electron chi connectivity index (χ4n) is 3.36. The summed E-state index contributed by atoms with van der Waals surface area (Å²) in [6.45, 7) is 18.3. The summed E-state index contributed by atoms with van der Waals surface area (Å²) < 4.78 is 5.17. The van der Waals surface area contributed by atoms with E-state index >= 15 is 0 Å². The zero-order valence-electron chi connectivity index (χ0n) is 26.2. The van der Waals surface area contributed by atoms with Crippen molar-refractivity contribution in [2.45, 2.75) is 84.0 Å². The predicted octanol–water partition coefficient (Wildman–Crippen LogP) is 2.83. The predicted molar refractivity (Wildman–Crippen MR) is 178 cm³/mol. The molecule has 0 radical (unpaired) electrons. The van der Waals surface area contributed by atoms with Crippen LogP contribution in [0, 0.1) is 0 Å². The van der Waals surface area contributed by atoms with E-state index in [1.807, 2.05) is 64.7 Å². The average Bonchev–Trinajstić information content (AvgIpc) is 3.01. The van der Waals surface area contributed by atoms with Crippen LogP contribution < -0.4 is 17.2 Å². The van der Waals surface area contributed by atoms with E-state index in [2.05, 4.69) is 13.2 Å². The van der Waals surface area contributed by atoms with Gasteiger partial charge >= 0.3 is 5.97 Å². The van der Waals surface area contributed by atoms with Crippen LogP contribution in [-0.4, -0.2) is 84.1 Å². The highest BCUT2D eigenvalue weighted by Crippen LogP contribution is 2.24. The number of hydrogen-bond acceptors (Lipinski definition) is 10. The lowest BCUT2D eigenvalue weighted by Crippen LogP contribution is -2.54. The van der Waals surface area contributed by atoms with Crippen LogP contribution in [0.3, 0.4) is 0 Å². The molecule has 1 heterocycles. The number of piperidine rings is 1. The Balaban J connectivity index is -0.000000363.